The highest BCUT2D eigenvalue weighted by Crippen LogP contribution is 2.18. The molecule has 0 fully saturated rings. The van der Waals surface area contributed by atoms with Crippen LogP contribution in [0.4, 0.5) is 4.39 Å². The molecular weight excluding hydrogens is 492 g/mol. The summed E-state index contributed by atoms with van der Waals surface area (Å²) in [6.07, 6.45) is 0. The highest BCUT2D eigenvalue weighted by atomic mass is 127. The third kappa shape index (κ3) is 7.38. The molecule has 2 rings (SSSR count). The fraction of sp³-hybridized carbons (Fsp3) is 0.350. The van der Waals surface area contributed by atoms with E-state index in [9.17, 15) is 8.60 Å². The molecule has 2 aromatic carbocycles. The van der Waals surface area contributed by atoms with E-state index < -0.39 is 10.8 Å². The molecule has 0 saturated carbocycles. The Morgan fingerprint density at radius 2 is 1.96 bits per heavy atom. The summed E-state index contributed by atoms with van der Waals surface area (Å²) in [7, 11) is 2.25. The summed E-state index contributed by atoms with van der Waals surface area (Å²) in [4.78, 5) is 7.27. The first-order valence-electron chi connectivity index (χ1n) is 8.80. The van der Waals surface area contributed by atoms with Crippen molar-refractivity contribution in [3.05, 3.63) is 59.9 Å². The number of nitrogens with one attached hydrogen (secondary N) is 1. The average molecular weight is 519 g/mol. The van der Waals surface area contributed by atoms with Gasteiger partial charge in [-0.1, -0.05) is 24.3 Å². The van der Waals surface area contributed by atoms with Crippen molar-refractivity contribution in [1.82, 2.24) is 10.2 Å². The fourth-order valence-electron chi connectivity index (χ4n) is 2.55. The summed E-state index contributed by atoms with van der Waals surface area (Å²) in [5.41, 5.74) is 0.814. The normalized spacial score (nSPS) is 12.1. The van der Waals surface area contributed by atoms with Gasteiger partial charge < -0.3 is 15.0 Å². The molecule has 0 heterocycles. The first-order chi connectivity index (χ1) is 13.0. The molecule has 2 aromatic rings. The topological polar surface area (TPSA) is 53.9 Å². The lowest BCUT2D eigenvalue weighted by molar-refractivity contribution is 0.385. The zero-order valence-corrected chi connectivity index (χ0v) is 19.5. The van der Waals surface area contributed by atoms with Crippen molar-refractivity contribution in [2.75, 3.05) is 33.0 Å². The van der Waals surface area contributed by atoms with Crippen molar-refractivity contribution >= 4 is 40.7 Å². The van der Waals surface area contributed by atoms with Crippen LogP contribution in [0.2, 0.25) is 0 Å². The van der Waals surface area contributed by atoms with Gasteiger partial charge in [-0.3, -0.25) is 9.20 Å². The molecule has 1 atom stereocenters. The van der Waals surface area contributed by atoms with Crippen molar-refractivity contribution in [2.45, 2.75) is 18.4 Å². The third-order valence-electron chi connectivity index (χ3n) is 3.88. The van der Waals surface area contributed by atoms with Gasteiger partial charge in [-0.2, -0.15) is 0 Å². The molecule has 0 amide bonds. The summed E-state index contributed by atoms with van der Waals surface area (Å²) in [6, 6.07) is 14.3. The highest BCUT2D eigenvalue weighted by Gasteiger charge is 2.10. The van der Waals surface area contributed by atoms with E-state index in [4.69, 9.17) is 4.74 Å². The summed E-state index contributed by atoms with van der Waals surface area (Å²) in [5.74, 6) is 0.983. The Balaban J connectivity index is 0.00000392. The van der Waals surface area contributed by atoms with Crippen LogP contribution in [0.25, 0.3) is 0 Å². The van der Waals surface area contributed by atoms with Crippen LogP contribution in [0, 0.1) is 5.82 Å². The van der Waals surface area contributed by atoms with Crippen molar-refractivity contribution < 1.29 is 13.3 Å². The van der Waals surface area contributed by atoms with Crippen LogP contribution in [0.1, 0.15) is 12.5 Å². The molecule has 0 radical (unpaired) electrons. The quantitative estimate of drug-likeness (QED) is 0.329. The van der Waals surface area contributed by atoms with Gasteiger partial charge in [-0.15, -0.1) is 24.0 Å². The average Bonchev–Trinajstić information content (AvgIpc) is 2.68. The van der Waals surface area contributed by atoms with Crippen molar-refractivity contribution in [3.63, 3.8) is 0 Å². The summed E-state index contributed by atoms with van der Waals surface area (Å²) >= 11 is 0. The lowest BCUT2D eigenvalue weighted by Crippen LogP contribution is -2.38. The van der Waals surface area contributed by atoms with Crippen molar-refractivity contribution in [1.29, 1.82) is 0 Å². The molecule has 5 nitrogen and oxygen atoms in total. The van der Waals surface area contributed by atoms with Crippen LogP contribution in [-0.2, 0) is 17.3 Å². The number of aliphatic imine (C=N–C) groups is 1. The number of rotatable bonds is 8. The summed E-state index contributed by atoms with van der Waals surface area (Å²) in [6.45, 7) is 3.63. The van der Waals surface area contributed by atoms with Crippen LogP contribution in [-0.4, -0.2) is 48.1 Å². The van der Waals surface area contributed by atoms with E-state index in [1.54, 1.807) is 6.07 Å². The molecular formula is C20H27FIN3O2S. The molecule has 0 spiro atoms. The molecule has 1 unspecified atom stereocenters. The zero-order chi connectivity index (χ0) is 19.6. The number of halogens is 2. The fourth-order valence-corrected chi connectivity index (χ4v) is 3.50. The molecule has 0 aliphatic carbocycles. The zero-order valence-electron chi connectivity index (χ0n) is 16.4. The monoisotopic (exact) mass is 519 g/mol. The minimum atomic E-state index is -1.08. The standard InChI is InChI=1S/C20H26FN3O2S.HI/c1-4-22-20(23-12-13-27(25)17-8-6-5-7-9-17)24(2)15-16-10-11-19(26-3)18(21)14-16;/h5-11,14H,4,12-13,15H2,1-3H3,(H,22,23);1H. The Morgan fingerprint density at radius 3 is 2.57 bits per heavy atom. The lowest BCUT2D eigenvalue weighted by atomic mass is 10.2. The second-order valence-electron chi connectivity index (χ2n) is 5.92. The van der Waals surface area contributed by atoms with Crippen LogP contribution >= 0.6 is 24.0 Å². The van der Waals surface area contributed by atoms with Gasteiger partial charge in [0.1, 0.15) is 0 Å². The van der Waals surface area contributed by atoms with E-state index in [1.165, 1.54) is 13.2 Å². The predicted octanol–water partition coefficient (Wildman–Crippen LogP) is 3.66. The summed E-state index contributed by atoms with van der Waals surface area (Å²) in [5, 5.41) is 3.21. The molecule has 0 aliphatic heterocycles. The van der Waals surface area contributed by atoms with Gasteiger partial charge in [0.05, 0.1) is 24.5 Å². The number of hydrogen-bond acceptors (Lipinski definition) is 3. The van der Waals surface area contributed by atoms with Gasteiger partial charge >= 0.3 is 0 Å². The molecule has 28 heavy (non-hydrogen) atoms. The van der Waals surface area contributed by atoms with Crippen molar-refractivity contribution in [2.24, 2.45) is 4.99 Å². The second kappa shape index (κ2) is 12.7. The Kier molecular flexibility index (Phi) is 11.1. The molecule has 0 saturated heterocycles. The van der Waals surface area contributed by atoms with Gasteiger partial charge in [-0.05, 0) is 36.8 Å². The van der Waals surface area contributed by atoms with Crippen LogP contribution in [0.15, 0.2) is 58.4 Å². The van der Waals surface area contributed by atoms with Crippen molar-refractivity contribution in [3.8, 4) is 5.75 Å². The van der Waals surface area contributed by atoms with E-state index in [-0.39, 0.29) is 35.5 Å². The SMILES string of the molecule is CCNC(=NCCS(=O)c1ccccc1)N(C)Cc1ccc(OC)c(F)c1.I. The summed E-state index contributed by atoms with van der Waals surface area (Å²) < 4.78 is 31.1. The molecule has 0 bridgehead atoms. The number of methoxy groups -OCH3 is 1. The third-order valence-corrected chi connectivity index (χ3v) is 5.23. The maximum Gasteiger partial charge on any atom is 0.193 e. The van der Waals surface area contributed by atoms with Gasteiger partial charge in [0.25, 0.3) is 0 Å². The van der Waals surface area contributed by atoms with E-state index >= 15 is 0 Å². The van der Waals surface area contributed by atoms with E-state index in [0.717, 1.165) is 10.5 Å². The molecule has 1 N–H and O–H groups in total. The van der Waals surface area contributed by atoms with Gasteiger partial charge in [-0.25, -0.2) is 4.39 Å². The number of benzene rings is 2. The molecule has 8 heteroatoms. The number of guanidine groups is 1. The largest absolute Gasteiger partial charge is 0.494 e. The Hall–Kier alpha value is -1.68. The number of nitrogens with zero attached hydrogens (tertiary/aromatic N) is 2. The lowest BCUT2D eigenvalue weighted by Gasteiger charge is -2.22. The first-order valence-corrected chi connectivity index (χ1v) is 10.1. The Morgan fingerprint density at radius 1 is 1.25 bits per heavy atom. The maximum absolute atomic E-state index is 13.9. The smallest absolute Gasteiger partial charge is 0.193 e. The van der Waals surface area contributed by atoms with Gasteiger partial charge in [0.15, 0.2) is 17.5 Å². The maximum atomic E-state index is 13.9. The van der Waals surface area contributed by atoms with E-state index in [1.807, 2.05) is 55.3 Å². The first kappa shape index (κ1) is 24.4. The van der Waals surface area contributed by atoms with E-state index in [2.05, 4.69) is 10.3 Å². The Labute approximate surface area is 185 Å². The van der Waals surface area contributed by atoms with Crippen LogP contribution < -0.4 is 10.1 Å². The highest BCUT2D eigenvalue weighted by molar-refractivity contribution is 14.0. The van der Waals surface area contributed by atoms with E-state index in [0.29, 0.717) is 31.3 Å². The minimum Gasteiger partial charge on any atom is -0.494 e. The number of hydrogen-bond donors (Lipinski definition) is 1. The molecule has 0 aliphatic rings. The van der Waals surface area contributed by atoms with Crippen LogP contribution in [0.3, 0.4) is 0 Å². The predicted molar refractivity (Wildman–Crippen MR) is 124 cm³/mol. The van der Waals surface area contributed by atoms with Gasteiger partial charge in [0, 0.05) is 30.8 Å². The Bertz CT molecular complexity index is 790. The van der Waals surface area contributed by atoms with Gasteiger partial charge in [0.2, 0.25) is 0 Å². The molecule has 154 valence electrons. The molecule has 0 aromatic heterocycles. The minimum absolute atomic E-state index is 0. The number of ether oxygens (including phenoxy) is 1. The van der Waals surface area contributed by atoms with Crippen LogP contribution in [0.5, 0.6) is 5.75 Å². The second-order valence-corrected chi connectivity index (χ2v) is 7.49.